The number of fused-ring (bicyclic) bond motifs is 1. The van der Waals surface area contributed by atoms with E-state index in [2.05, 4.69) is 15.5 Å². The molecule has 2 aliphatic heterocycles. The minimum absolute atomic E-state index is 0.0119. The first-order chi connectivity index (χ1) is 13.2. The van der Waals surface area contributed by atoms with E-state index in [1.807, 2.05) is 30.3 Å². The van der Waals surface area contributed by atoms with Crippen LogP contribution in [0.4, 0.5) is 4.39 Å². The number of amides is 1. The van der Waals surface area contributed by atoms with E-state index in [0.29, 0.717) is 19.7 Å². The quantitative estimate of drug-likeness (QED) is 0.869. The summed E-state index contributed by atoms with van der Waals surface area (Å²) < 4.78 is 19.3. The Morgan fingerprint density at radius 3 is 3.04 bits per heavy atom. The van der Waals surface area contributed by atoms with Crippen LogP contribution in [0.25, 0.3) is 0 Å². The third-order valence-electron chi connectivity index (χ3n) is 5.23. The SMILES string of the molecule is O=C(CN1CCNCC1c1cccc(F)c1)NC1CCOc2ccccc21. The van der Waals surface area contributed by atoms with Crippen molar-refractivity contribution in [2.24, 2.45) is 0 Å². The molecule has 142 valence electrons. The number of hydrogen-bond donors (Lipinski definition) is 2. The fourth-order valence-electron chi connectivity index (χ4n) is 3.89. The molecular weight excluding hydrogens is 345 g/mol. The number of ether oxygens (including phenoxy) is 1. The summed E-state index contributed by atoms with van der Waals surface area (Å²) in [7, 11) is 0. The topological polar surface area (TPSA) is 53.6 Å². The molecule has 1 amide bonds. The maximum Gasteiger partial charge on any atom is 0.234 e. The molecule has 2 heterocycles. The van der Waals surface area contributed by atoms with Gasteiger partial charge in [0, 0.05) is 37.7 Å². The predicted octanol–water partition coefficient (Wildman–Crippen LogP) is 2.41. The molecular formula is C21H24FN3O2. The van der Waals surface area contributed by atoms with Crippen molar-refractivity contribution < 1.29 is 13.9 Å². The third kappa shape index (κ3) is 4.12. The molecule has 2 N–H and O–H groups in total. The number of piperazine rings is 1. The highest BCUT2D eigenvalue weighted by atomic mass is 19.1. The highest BCUT2D eigenvalue weighted by Gasteiger charge is 2.28. The molecule has 0 saturated carbocycles. The highest BCUT2D eigenvalue weighted by Crippen LogP contribution is 2.31. The summed E-state index contributed by atoms with van der Waals surface area (Å²) in [6.45, 7) is 3.17. The fraction of sp³-hybridized carbons (Fsp3) is 0.381. The van der Waals surface area contributed by atoms with Gasteiger partial charge in [0.1, 0.15) is 11.6 Å². The smallest absolute Gasteiger partial charge is 0.234 e. The summed E-state index contributed by atoms with van der Waals surface area (Å²) in [6, 6.07) is 14.4. The number of hydrogen-bond acceptors (Lipinski definition) is 4. The molecule has 27 heavy (non-hydrogen) atoms. The third-order valence-corrected chi connectivity index (χ3v) is 5.23. The van der Waals surface area contributed by atoms with Crippen LogP contribution in [0, 0.1) is 5.82 Å². The maximum absolute atomic E-state index is 13.6. The van der Waals surface area contributed by atoms with Gasteiger partial charge in [-0.2, -0.15) is 0 Å². The molecule has 0 spiro atoms. The van der Waals surface area contributed by atoms with Crippen LogP contribution in [0.3, 0.4) is 0 Å². The normalized spacial score (nSPS) is 22.6. The van der Waals surface area contributed by atoms with Crippen LogP contribution in [-0.2, 0) is 4.79 Å². The first-order valence-corrected chi connectivity index (χ1v) is 9.42. The molecule has 1 fully saturated rings. The van der Waals surface area contributed by atoms with Gasteiger partial charge in [-0.25, -0.2) is 4.39 Å². The van der Waals surface area contributed by atoms with E-state index < -0.39 is 0 Å². The Labute approximate surface area is 158 Å². The van der Waals surface area contributed by atoms with Crippen LogP contribution in [0.15, 0.2) is 48.5 Å². The Bertz CT molecular complexity index is 814. The lowest BCUT2D eigenvalue weighted by Crippen LogP contribution is -2.50. The minimum atomic E-state index is -0.249. The Hall–Kier alpha value is -2.44. The van der Waals surface area contributed by atoms with Crippen LogP contribution in [0.5, 0.6) is 5.75 Å². The molecule has 2 aromatic carbocycles. The van der Waals surface area contributed by atoms with E-state index in [1.165, 1.54) is 6.07 Å². The zero-order chi connectivity index (χ0) is 18.6. The first kappa shape index (κ1) is 17.9. The van der Waals surface area contributed by atoms with E-state index in [1.54, 1.807) is 12.1 Å². The second-order valence-electron chi connectivity index (χ2n) is 7.04. The van der Waals surface area contributed by atoms with E-state index >= 15 is 0 Å². The van der Waals surface area contributed by atoms with Gasteiger partial charge in [0.05, 0.1) is 19.2 Å². The molecule has 0 aliphatic carbocycles. The summed E-state index contributed by atoms with van der Waals surface area (Å²) in [5.74, 6) is 0.579. The second-order valence-corrected chi connectivity index (χ2v) is 7.04. The van der Waals surface area contributed by atoms with Crippen molar-refractivity contribution in [2.75, 3.05) is 32.8 Å². The van der Waals surface area contributed by atoms with Crippen molar-refractivity contribution in [3.63, 3.8) is 0 Å². The summed E-state index contributed by atoms with van der Waals surface area (Å²) in [6.07, 6.45) is 0.762. The number of para-hydroxylation sites is 1. The van der Waals surface area contributed by atoms with Crippen molar-refractivity contribution in [1.29, 1.82) is 0 Å². The second kappa shape index (κ2) is 8.06. The summed E-state index contributed by atoms with van der Waals surface area (Å²) in [4.78, 5) is 14.9. The zero-order valence-corrected chi connectivity index (χ0v) is 15.2. The van der Waals surface area contributed by atoms with Gasteiger partial charge in [-0.1, -0.05) is 30.3 Å². The van der Waals surface area contributed by atoms with Crippen LogP contribution in [0.2, 0.25) is 0 Å². The largest absolute Gasteiger partial charge is 0.493 e. The fourth-order valence-corrected chi connectivity index (χ4v) is 3.89. The lowest BCUT2D eigenvalue weighted by molar-refractivity contribution is -0.124. The molecule has 2 aromatic rings. The molecule has 0 bridgehead atoms. The van der Waals surface area contributed by atoms with Gasteiger partial charge in [-0.15, -0.1) is 0 Å². The Balaban J connectivity index is 1.44. The zero-order valence-electron chi connectivity index (χ0n) is 15.2. The Morgan fingerprint density at radius 1 is 1.26 bits per heavy atom. The lowest BCUT2D eigenvalue weighted by Gasteiger charge is -2.36. The van der Waals surface area contributed by atoms with Crippen LogP contribution in [-0.4, -0.2) is 43.6 Å². The van der Waals surface area contributed by atoms with Crippen LogP contribution < -0.4 is 15.4 Å². The van der Waals surface area contributed by atoms with Crippen molar-refractivity contribution >= 4 is 5.91 Å². The van der Waals surface area contributed by atoms with Crippen molar-refractivity contribution in [3.05, 3.63) is 65.5 Å². The average Bonchev–Trinajstić information content (AvgIpc) is 2.69. The van der Waals surface area contributed by atoms with E-state index in [4.69, 9.17) is 4.74 Å². The van der Waals surface area contributed by atoms with Gasteiger partial charge in [0.25, 0.3) is 0 Å². The average molecular weight is 369 g/mol. The van der Waals surface area contributed by atoms with Crippen LogP contribution >= 0.6 is 0 Å². The highest BCUT2D eigenvalue weighted by molar-refractivity contribution is 5.78. The maximum atomic E-state index is 13.6. The molecule has 2 unspecified atom stereocenters. The van der Waals surface area contributed by atoms with Crippen molar-refractivity contribution in [1.82, 2.24) is 15.5 Å². The van der Waals surface area contributed by atoms with Gasteiger partial charge in [0.2, 0.25) is 5.91 Å². The minimum Gasteiger partial charge on any atom is -0.493 e. The van der Waals surface area contributed by atoms with E-state index in [-0.39, 0.29) is 23.8 Å². The number of carbonyl (C=O) groups excluding carboxylic acids is 1. The van der Waals surface area contributed by atoms with Gasteiger partial charge >= 0.3 is 0 Å². The van der Waals surface area contributed by atoms with E-state index in [0.717, 1.165) is 36.4 Å². The molecule has 6 heteroatoms. The van der Waals surface area contributed by atoms with Crippen LogP contribution in [0.1, 0.15) is 29.6 Å². The molecule has 0 aromatic heterocycles. The van der Waals surface area contributed by atoms with Crippen molar-refractivity contribution in [3.8, 4) is 5.75 Å². The molecule has 4 rings (SSSR count). The molecule has 1 saturated heterocycles. The molecule has 5 nitrogen and oxygen atoms in total. The van der Waals surface area contributed by atoms with E-state index in [9.17, 15) is 9.18 Å². The monoisotopic (exact) mass is 369 g/mol. The number of halogens is 1. The molecule has 0 radical (unpaired) electrons. The summed E-state index contributed by atoms with van der Waals surface area (Å²) in [5.41, 5.74) is 1.92. The van der Waals surface area contributed by atoms with Gasteiger partial charge in [-0.05, 0) is 23.8 Å². The number of nitrogens with one attached hydrogen (secondary N) is 2. The lowest BCUT2D eigenvalue weighted by atomic mass is 10.0. The summed E-state index contributed by atoms with van der Waals surface area (Å²) >= 11 is 0. The van der Waals surface area contributed by atoms with Gasteiger partial charge in [-0.3, -0.25) is 9.69 Å². The van der Waals surface area contributed by atoms with Crippen molar-refractivity contribution in [2.45, 2.75) is 18.5 Å². The molecule has 2 aliphatic rings. The number of rotatable bonds is 4. The summed E-state index contributed by atoms with van der Waals surface area (Å²) in [5, 5.41) is 6.49. The predicted molar refractivity (Wildman–Crippen MR) is 101 cm³/mol. The standard InChI is InChI=1S/C21H24FN3O2/c22-16-5-3-4-15(12-16)19-13-23-9-10-25(19)14-21(26)24-18-8-11-27-20-7-2-1-6-17(18)20/h1-7,12,18-19,23H,8-11,13-14H2,(H,24,26). The molecule has 2 atom stereocenters. The number of carbonyl (C=O) groups is 1. The van der Waals surface area contributed by atoms with Gasteiger partial charge < -0.3 is 15.4 Å². The number of benzene rings is 2. The number of nitrogens with zero attached hydrogens (tertiary/aromatic N) is 1. The first-order valence-electron chi connectivity index (χ1n) is 9.42. The Kier molecular flexibility index (Phi) is 5.36. The Morgan fingerprint density at radius 2 is 2.15 bits per heavy atom. The van der Waals surface area contributed by atoms with Gasteiger partial charge in [0.15, 0.2) is 0 Å².